The highest BCUT2D eigenvalue weighted by atomic mass is 16.5. The fraction of sp³-hybridized carbons (Fsp3) is 0.222. The molecule has 1 aromatic rings. The number of nitriles is 1. The van der Waals surface area contributed by atoms with Gasteiger partial charge in [0.25, 0.3) is 0 Å². The molecule has 0 spiro atoms. The number of pyridine rings is 1. The van der Waals surface area contributed by atoms with Crippen LogP contribution < -0.4 is 5.43 Å². The van der Waals surface area contributed by atoms with Crippen molar-refractivity contribution in [1.82, 2.24) is 4.98 Å². The number of hydrogen-bond acceptors (Lipinski definition) is 4. The van der Waals surface area contributed by atoms with Gasteiger partial charge in [-0.2, -0.15) is 5.26 Å². The molecule has 72 valence electrons. The van der Waals surface area contributed by atoms with Crippen molar-refractivity contribution in [1.29, 1.82) is 5.26 Å². The lowest BCUT2D eigenvalue weighted by Crippen LogP contribution is -2.11. The lowest BCUT2D eigenvalue weighted by molar-refractivity contribution is -0.139. The van der Waals surface area contributed by atoms with Gasteiger partial charge in [-0.25, -0.2) is 0 Å². The summed E-state index contributed by atoms with van der Waals surface area (Å²) in [5, 5.41) is 8.54. The van der Waals surface area contributed by atoms with Crippen molar-refractivity contribution in [3.8, 4) is 6.07 Å². The van der Waals surface area contributed by atoms with Crippen molar-refractivity contribution < 1.29 is 9.53 Å². The zero-order chi connectivity index (χ0) is 10.6. The molecule has 0 radical (unpaired) electrons. The highest BCUT2D eigenvalue weighted by Gasteiger charge is 2.04. The maximum absolute atomic E-state index is 11.0. The molecule has 0 aliphatic rings. The number of hydrogen-bond donors (Lipinski definition) is 1. The van der Waals surface area contributed by atoms with E-state index >= 15 is 0 Å². The van der Waals surface area contributed by atoms with Crippen molar-refractivity contribution >= 4 is 5.97 Å². The largest absolute Gasteiger partial charge is 0.469 e. The van der Waals surface area contributed by atoms with Gasteiger partial charge in [0, 0.05) is 17.8 Å². The van der Waals surface area contributed by atoms with Crippen LogP contribution in [0.15, 0.2) is 16.9 Å². The first-order chi connectivity index (χ1) is 6.65. The molecule has 0 bridgehead atoms. The van der Waals surface area contributed by atoms with E-state index in [1.807, 2.05) is 0 Å². The second kappa shape index (κ2) is 4.23. The molecule has 1 N–H and O–H groups in total. The number of ether oxygens (including phenoxy) is 1. The summed E-state index contributed by atoms with van der Waals surface area (Å²) in [6, 6.07) is 4.22. The Hall–Kier alpha value is -2.09. The van der Waals surface area contributed by atoms with Crippen LogP contribution >= 0.6 is 0 Å². The fourth-order valence-electron chi connectivity index (χ4n) is 0.984. The Labute approximate surface area is 79.9 Å². The van der Waals surface area contributed by atoms with Crippen molar-refractivity contribution in [3.63, 3.8) is 0 Å². The standard InChI is InChI=1S/C9H8N2O3/c1-14-9(13)4-6-2-8(12)3-7(5-10)11-6/h2-3H,4H2,1H3,(H,11,12). The van der Waals surface area contributed by atoms with Gasteiger partial charge in [-0.05, 0) is 0 Å². The highest BCUT2D eigenvalue weighted by Crippen LogP contribution is 1.96. The van der Waals surface area contributed by atoms with Crippen LogP contribution in [0.3, 0.4) is 0 Å². The summed E-state index contributed by atoms with van der Waals surface area (Å²) in [4.78, 5) is 24.5. The topological polar surface area (TPSA) is 82.9 Å². The second-order valence-electron chi connectivity index (χ2n) is 2.62. The first-order valence-corrected chi connectivity index (χ1v) is 3.86. The van der Waals surface area contributed by atoms with Crippen LogP contribution in [0, 0.1) is 11.3 Å². The number of rotatable bonds is 2. The van der Waals surface area contributed by atoms with Crippen LogP contribution in [0.5, 0.6) is 0 Å². The molecule has 0 saturated heterocycles. The molecule has 1 rings (SSSR count). The van der Waals surface area contributed by atoms with Crippen LogP contribution in [0.4, 0.5) is 0 Å². The monoisotopic (exact) mass is 192 g/mol. The van der Waals surface area contributed by atoms with E-state index in [0.29, 0.717) is 5.69 Å². The number of nitrogens with one attached hydrogen (secondary N) is 1. The quantitative estimate of drug-likeness (QED) is 0.666. The van der Waals surface area contributed by atoms with Gasteiger partial charge >= 0.3 is 5.97 Å². The summed E-state index contributed by atoms with van der Waals surface area (Å²) in [6.45, 7) is 0. The lowest BCUT2D eigenvalue weighted by atomic mass is 10.2. The molecule has 0 aliphatic heterocycles. The molecule has 0 saturated carbocycles. The first kappa shape index (κ1) is 9.99. The lowest BCUT2D eigenvalue weighted by Gasteiger charge is -1.99. The van der Waals surface area contributed by atoms with Crippen molar-refractivity contribution in [2.24, 2.45) is 0 Å². The van der Waals surface area contributed by atoms with Gasteiger partial charge < -0.3 is 9.72 Å². The molecule has 0 amide bonds. The number of nitrogens with zero attached hydrogens (tertiary/aromatic N) is 1. The predicted molar refractivity (Wildman–Crippen MR) is 47.5 cm³/mol. The summed E-state index contributed by atoms with van der Waals surface area (Å²) in [7, 11) is 1.26. The average Bonchev–Trinajstić information content (AvgIpc) is 2.16. The van der Waals surface area contributed by atoms with Gasteiger partial charge in [0.1, 0.15) is 11.8 Å². The Balaban J connectivity index is 2.99. The van der Waals surface area contributed by atoms with Crippen molar-refractivity contribution in [2.75, 3.05) is 7.11 Å². The zero-order valence-electron chi connectivity index (χ0n) is 7.53. The molecule has 0 aromatic carbocycles. The van der Waals surface area contributed by atoms with Crippen LogP contribution in [0.2, 0.25) is 0 Å². The van der Waals surface area contributed by atoms with Gasteiger partial charge in [0.05, 0.1) is 13.5 Å². The minimum absolute atomic E-state index is 0.0404. The van der Waals surface area contributed by atoms with Crippen molar-refractivity contribution in [2.45, 2.75) is 6.42 Å². The Bertz CT molecular complexity index is 442. The maximum atomic E-state index is 11.0. The number of esters is 1. The van der Waals surface area contributed by atoms with Gasteiger partial charge in [0.15, 0.2) is 5.43 Å². The van der Waals surface area contributed by atoms with Crippen LogP contribution in [-0.4, -0.2) is 18.1 Å². The first-order valence-electron chi connectivity index (χ1n) is 3.86. The zero-order valence-corrected chi connectivity index (χ0v) is 7.53. The highest BCUT2D eigenvalue weighted by molar-refractivity contribution is 5.71. The SMILES string of the molecule is COC(=O)Cc1cc(=O)cc(C#N)[nH]1. The Kier molecular flexibility index (Phi) is 3.02. The predicted octanol–water partition coefficient (Wildman–Crippen LogP) is -0.0379. The van der Waals surface area contributed by atoms with E-state index in [1.165, 1.54) is 19.2 Å². The summed E-state index contributed by atoms with van der Waals surface area (Å²) < 4.78 is 4.42. The Morgan fingerprint density at radius 2 is 2.36 bits per heavy atom. The van der Waals surface area contributed by atoms with E-state index < -0.39 is 5.97 Å². The van der Waals surface area contributed by atoms with E-state index in [0.717, 1.165) is 0 Å². The van der Waals surface area contributed by atoms with E-state index in [1.54, 1.807) is 6.07 Å². The van der Waals surface area contributed by atoms with Gasteiger partial charge in [-0.15, -0.1) is 0 Å². The molecular weight excluding hydrogens is 184 g/mol. The minimum atomic E-state index is -0.462. The number of carbonyl (C=O) groups is 1. The second-order valence-corrected chi connectivity index (χ2v) is 2.62. The molecule has 0 aliphatic carbocycles. The van der Waals surface area contributed by atoms with Gasteiger partial charge in [-0.1, -0.05) is 0 Å². The number of aromatic amines is 1. The van der Waals surface area contributed by atoms with E-state index in [-0.39, 0.29) is 17.5 Å². The van der Waals surface area contributed by atoms with Gasteiger partial charge in [-0.3, -0.25) is 9.59 Å². The normalized spacial score (nSPS) is 9.14. The summed E-state index contributed by atoms with van der Waals surface area (Å²) in [5.74, 6) is -0.462. The molecular formula is C9H8N2O3. The summed E-state index contributed by atoms with van der Waals surface area (Å²) in [5.41, 5.74) is 0.205. The smallest absolute Gasteiger partial charge is 0.311 e. The molecule has 1 aromatic heterocycles. The summed E-state index contributed by atoms with van der Waals surface area (Å²) in [6.07, 6.45) is -0.0404. The molecule has 14 heavy (non-hydrogen) atoms. The van der Waals surface area contributed by atoms with Crippen LogP contribution in [-0.2, 0) is 16.0 Å². The van der Waals surface area contributed by atoms with Crippen LogP contribution in [0.1, 0.15) is 11.4 Å². The third-order valence-electron chi connectivity index (χ3n) is 1.58. The average molecular weight is 192 g/mol. The van der Waals surface area contributed by atoms with E-state index in [2.05, 4.69) is 9.72 Å². The molecule has 1 heterocycles. The molecule has 0 atom stereocenters. The third-order valence-corrected chi connectivity index (χ3v) is 1.58. The van der Waals surface area contributed by atoms with Gasteiger partial charge in [0.2, 0.25) is 0 Å². The minimum Gasteiger partial charge on any atom is -0.469 e. The Morgan fingerprint density at radius 3 is 2.93 bits per heavy atom. The summed E-state index contributed by atoms with van der Waals surface area (Å²) >= 11 is 0. The Morgan fingerprint density at radius 1 is 1.64 bits per heavy atom. The third kappa shape index (κ3) is 2.45. The molecule has 0 fully saturated rings. The number of H-pyrrole nitrogens is 1. The van der Waals surface area contributed by atoms with E-state index in [9.17, 15) is 9.59 Å². The van der Waals surface area contributed by atoms with Crippen LogP contribution in [0.25, 0.3) is 0 Å². The fourth-order valence-corrected chi connectivity index (χ4v) is 0.984. The number of carbonyl (C=O) groups excluding carboxylic acids is 1. The molecule has 5 nitrogen and oxygen atoms in total. The number of aromatic nitrogens is 1. The molecule has 0 unspecified atom stereocenters. The van der Waals surface area contributed by atoms with Crippen molar-refractivity contribution in [3.05, 3.63) is 33.7 Å². The van der Waals surface area contributed by atoms with E-state index in [4.69, 9.17) is 5.26 Å². The number of methoxy groups -OCH3 is 1. The maximum Gasteiger partial charge on any atom is 0.311 e. The molecule has 5 heteroatoms.